The zero-order chi connectivity index (χ0) is 12.9. The Balaban J connectivity index is 2.34. The number of nitrogens with zero attached hydrogens (tertiary/aromatic N) is 1. The molecule has 98 valence electrons. The molecule has 1 aliphatic heterocycles. The molecular formula is C11H19NO5. The van der Waals surface area contributed by atoms with E-state index < -0.39 is 11.7 Å². The summed E-state index contributed by atoms with van der Waals surface area (Å²) in [4.78, 5) is 23.1. The summed E-state index contributed by atoms with van der Waals surface area (Å²) in [6.45, 7) is 2.70. The molecule has 6 heteroatoms. The minimum Gasteiger partial charge on any atom is -0.466 e. The molecule has 0 aromatic carbocycles. The average Bonchev–Trinajstić information content (AvgIpc) is 2.28. The second kappa shape index (κ2) is 5.86. The van der Waals surface area contributed by atoms with E-state index >= 15 is 0 Å². The Kier molecular flexibility index (Phi) is 4.74. The van der Waals surface area contributed by atoms with E-state index in [0.29, 0.717) is 39.0 Å². The van der Waals surface area contributed by atoms with Gasteiger partial charge in [0.2, 0.25) is 0 Å². The van der Waals surface area contributed by atoms with Crippen molar-refractivity contribution in [3.8, 4) is 0 Å². The van der Waals surface area contributed by atoms with Crippen molar-refractivity contribution in [3.05, 3.63) is 0 Å². The Labute approximate surface area is 100 Å². The summed E-state index contributed by atoms with van der Waals surface area (Å²) in [5, 5.41) is 18.9. The third-order valence-electron chi connectivity index (χ3n) is 3.06. The molecular weight excluding hydrogens is 226 g/mol. The maximum Gasteiger partial charge on any atom is 0.407 e. The van der Waals surface area contributed by atoms with Crippen LogP contribution in [0.4, 0.5) is 4.79 Å². The van der Waals surface area contributed by atoms with E-state index in [2.05, 4.69) is 0 Å². The number of esters is 1. The number of aliphatic hydroxyl groups is 1. The fraction of sp³-hybridized carbons (Fsp3) is 0.818. The zero-order valence-corrected chi connectivity index (χ0v) is 10.0. The topological polar surface area (TPSA) is 87.1 Å². The highest BCUT2D eigenvalue weighted by atomic mass is 16.5. The van der Waals surface area contributed by atoms with Crippen LogP contribution in [-0.4, -0.2) is 52.5 Å². The van der Waals surface area contributed by atoms with Gasteiger partial charge < -0.3 is 19.8 Å². The number of piperidine rings is 1. The van der Waals surface area contributed by atoms with Gasteiger partial charge in [0.1, 0.15) is 0 Å². The van der Waals surface area contributed by atoms with E-state index in [-0.39, 0.29) is 12.4 Å². The van der Waals surface area contributed by atoms with Crippen LogP contribution in [-0.2, 0) is 9.53 Å². The smallest absolute Gasteiger partial charge is 0.407 e. The van der Waals surface area contributed by atoms with Crippen molar-refractivity contribution in [1.29, 1.82) is 0 Å². The highest BCUT2D eigenvalue weighted by Gasteiger charge is 2.34. The molecule has 0 saturated carbocycles. The van der Waals surface area contributed by atoms with Gasteiger partial charge in [0.25, 0.3) is 0 Å². The maximum absolute atomic E-state index is 11.2. The Morgan fingerprint density at radius 2 is 1.94 bits per heavy atom. The number of rotatable bonds is 4. The van der Waals surface area contributed by atoms with Crippen LogP contribution >= 0.6 is 0 Å². The summed E-state index contributed by atoms with van der Waals surface area (Å²) in [6, 6.07) is 0. The molecule has 1 fully saturated rings. The van der Waals surface area contributed by atoms with Crippen molar-refractivity contribution < 1.29 is 24.5 Å². The molecule has 1 amide bonds. The largest absolute Gasteiger partial charge is 0.466 e. The number of likely N-dealkylation sites (tertiary alicyclic amines) is 1. The Bertz CT molecular complexity index is 284. The summed E-state index contributed by atoms with van der Waals surface area (Å²) >= 11 is 0. The third kappa shape index (κ3) is 4.22. The van der Waals surface area contributed by atoms with Gasteiger partial charge in [-0.3, -0.25) is 4.79 Å². The highest BCUT2D eigenvalue weighted by Crippen LogP contribution is 2.27. The van der Waals surface area contributed by atoms with E-state index in [1.807, 2.05) is 0 Å². The first-order valence-electron chi connectivity index (χ1n) is 5.83. The molecule has 1 aliphatic rings. The van der Waals surface area contributed by atoms with Gasteiger partial charge in [0.15, 0.2) is 0 Å². The van der Waals surface area contributed by atoms with Gasteiger partial charge in [-0.1, -0.05) is 0 Å². The monoisotopic (exact) mass is 245 g/mol. The van der Waals surface area contributed by atoms with Crippen LogP contribution in [0.3, 0.4) is 0 Å². The predicted octanol–water partition coefficient (Wildman–Crippen LogP) is 0.835. The lowest BCUT2D eigenvalue weighted by Crippen LogP contribution is -2.46. The van der Waals surface area contributed by atoms with Crippen LogP contribution in [0, 0.1) is 0 Å². The molecule has 6 nitrogen and oxygen atoms in total. The molecule has 0 aromatic heterocycles. The van der Waals surface area contributed by atoms with Gasteiger partial charge >= 0.3 is 12.1 Å². The molecule has 0 radical (unpaired) electrons. The molecule has 1 heterocycles. The predicted molar refractivity (Wildman–Crippen MR) is 59.6 cm³/mol. The quantitative estimate of drug-likeness (QED) is 0.716. The van der Waals surface area contributed by atoms with Gasteiger partial charge in [0, 0.05) is 19.5 Å². The van der Waals surface area contributed by atoms with Crippen molar-refractivity contribution in [3.63, 3.8) is 0 Å². The normalized spacial score (nSPS) is 18.8. The van der Waals surface area contributed by atoms with Crippen molar-refractivity contribution in [2.45, 2.75) is 38.2 Å². The van der Waals surface area contributed by atoms with Crippen LogP contribution < -0.4 is 0 Å². The third-order valence-corrected chi connectivity index (χ3v) is 3.06. The first kappa shape index (κ1) is 13.8. The van der Waals surface area contributed by atoms with Gasteiger partial charge in [-0.2, -0.15) is 0 Å². The number of carboxylic acid groups (broad SMARTS) is 1. The molecule has 0 aromatic rings. The van der Waals surface area contributed by atoms with Crippen molar-refractivity contribution >= 4 is 12.1 Å². The maximum atomic E-state index is 11.2. The first-order chi connectivity index (χ1) is 7.97. The van der Waals surface area contributed by atoms with E-state index in [4.69, 9.17) is 9.84 Å². The van der Waals surface area contributed by atoms with E-state index in [0.717, 1.165) is 0 Å². The molecule has 0 atom stereocenters. The second-order valence-corrected chi connectivity index (χ2v) is 4.30. The standard InChI is InChI=1S/C11H19NO5/c1-2-17-9(13)3-4-11(16)5-7-12(8-6-11)10(14)15/h16H,2-8H2,1H3,(H,14,15). The van der Waals surface area contributed by atoms with Gasteiger partial charge in [0.05, 0.1) is 12.2 Å². The lowest BCUT2D eigenvalue weighted by molar-refractivity contribution is -0.145. The summed E-state index contributed by atoms with van der Waals surface area (Å²) < 4.78 is 4.78. The van der Waals surface area contributed by atoms with Gasteiger partial charge in [-0.15, -0.1) is 0 Å². The summed E-state index contributed by atoms with van der Waals surface area (Å²) in [5.41, 5.74) is -0.932. The van der Waals surface area contributed by atoms with Crippen molar-refractivity contribution in [2.75, 3.05) is 19.7 Å². The molecule has 0 unspecified atom stereocenters. The molecule has 0 aliphatic carbocycles. The van der Waals surface area contributed by atoms with E-state index in [9.17, 15) is 14.7 Å². The summed E-state index contributed by atoms with van der Waals surface area (Å²) in [5.74, 6) is -0.318. The summed E-state index contributed by atoms with van der Waals surface area (Å²) in [6.07, 6.45) is 0.297. The first-order valence-corrected chi connectivity index (χ1v) is 5.83. The van der Waals surface area contributed by atoms with Crippen molar-refractivity contribution in [2.24, 2.45) is 0 Å². The second-order valence-electron chi connectivity index (χ2n) is 4.30. The molecule has 17 heavy (non-hydrogen) atoms. The summed E-state index contributed by atoms with van der Waals surface area (Å²) in [7, 11) is 0. The number of hydrogen-bond acceptors (Lipinski definition) is 4. The fourth-order valence-electron chi connectivity index (χ4n) is 1.93. The van der Waals surface area contributed by atoms with Crippen LogP contribution in [0.1, 0.15) is 32.6 Å². The van der Waals surface area contributed by atoms with Crippen molar-refractivity contribution in [1.82, 2.24) is 4.90 Å². The van der Waals surface area contributed by atoms with Crippen LogP contribution in [0.2, 0.25) is 0 Å². The van der Waals surface area contributed by atoms with Gasteiger partial charge in [-0.25, -0.2) is 4.79 Å². The number of carbonyl (C=O) groups is 2. The van der Waals surface area contributed by atoms with Crippen LogP contribution in [0.5, 0.6) is 0 Å². The Morgan fingerprint density at radius 1 is 1.35 bits per heavy atom. The number of ether oxygens (including phenoxy) is 1. The SMILES string of the molecule is CCOC(=O)CCC1(O)CCN(C(=O)O)CC1. The minimum absolute atomic E-state index is 0.178. The molecule has 2 N–H and O–H groups in total. The van der Waals surface area contributed by atoms with Gasteiger partial charge in [-0.05, 0) is 26.2 Å². The lowest BCUT2D eigenvalue weighted by atomic mass is 9.87. The molecule has 0 spiro atoms. The van der Waals surface area contributed by atoms with E-state index in [1.165, 1.54) is 4.90 Å². The highest BCUT2D eigenvalue weighted by molar-refractivity contribution is 5.69. The Morgan fingerprint density at radius 3 is 2.41 bits per heavy atom. The fourth-order valence-corrected chi connectivity index (χ4v) is 1.93. The molecule has 0 bridgehead atoms. The number of carbonyl (C=O) groups excluding carboxylic acids is 1. The van der Waals surface area contributed by atoms with Crippen LogP contribution in [0.15, 0.2) is 0 Å². The number of amides is 1. The average molecular weight is 245 g/mol. The number of hydrogen-bond donors (Lipinski definition) is 2. The van der Waals surface area contributed by atoms with E-state index in [1.54, 1.807) is 6.92 Å². The molecule has 1 rings (SSSR count). The lowest BCUT2D eigenvalue weighted by Gasteiger charge is -2.36. The molecule has 1 saturated heterocycles. The minimum atomic E-state index is -0.961. The van der Waals surface area contributed by atoms with Crippen LogP contribution in [0.25, 0.3) is 0 Å². The zero-order valence-electron chi connectivity index (χ0n) is 10.0. The Hall–Kier alpha value is -1.30.